The molecule has 0 aromatic carbocycles. The average molecular weight is 900 g/mol. The smallest absolute Gasteiger partial charge is 0.249 e. The third kappa shape index (κ3) is 31.5. The van der Waals surface area contributed by atoms with Gasteiger partial charge in [0.2, 0.25) is 5.91 Å². The molecule has 11 nitrogen and oxygen atoms in total. The molecule has 1 heterocycles. The highest BCUT2D eigenvalue weighted by Crippen LogP contribution is 2.23. The number of nitrogens with one attached hydrogen (secondary N) is 1. The summed E-state index contributed by atoms with van der Waals surface area (Å²) in [5.74, 6) is -0.698. The summed E-state index contributed by atoms with van der Waals surface area (Å²) in [6, 6.07) is -1.17. The monoisotopic (exact) mass is 900 g/mol. The van der Waals surface area contributed by atoms with Crippen LogP contribution < -0.4 is 5.32 Å². The predicted octanol–water partition coefficient (Wildman–Crippen LogP) is 10.0. The molecular weight excluding hydrogens is 799 g/mol. The lowest BCUT2D eigenvalue weighted by Gasteiger charge is -2.40. The number of aliphatic hydroxyl groups is 7. The highest BCUT2D eigenvalue weighted by Gasteiger charge is 2.44. The maximum Gasteiger partial charge on any atom is 0.249 e. The van der Waals surface area contributed by atoms with Gasteiger partial charge in [0.1, 0.15) is 36.6 Å². The van der Waals surface area contributed by atoms with Gasteiger partial charge < -0.3 is 50.5 Å². The molecule has 1 saturated heterocycles. The van der Waals surface area contributed by atoms with Gasteiger partial charge in [-0.1, -0.05) is 219 Å². The van der Waals surface area contributed by atoms with Gasteiger partial charge in [-0.25, -0.2) is 0 Å². The molecule has 1 aliphatic rings. The van der Waals surface area contributed by atoms with Crippen LogP contribution in [0.1, 0.15) is 245 Å². The molecule has 1 rings (SSSR count). The van der Waals surface area contributed by atoms with E-state index in [0.29, 0.717) is 19.3 Å². The highest BCUT2D eigenvalue weighted by atomic mass is 16.7. The summed E-state index contributed by atoms with van der Waals surface area (Å²) >= 11 is 0. The molecule has 1 fully saturated rings. The van der Waals surface area contributed by atoms with Crippen LogP contribution in [0.4, 0.5) is 0 Å². The molecule has 0 spiro atoms. The van der Waals surface area contributed by atoms with Gasteiger partial charge in [0.15, 0.2) is 6.29 Å². The molecule has 0 aliphatic carbocycles. The minimum absolute atomic E-state index is 0.256. The number of amides is 1. The van der Waals surface area contributed by atoms with Crippen molar-refractivity contribution in [3.8, 4) is 0 Å². The van der Waals surface area contributed by atoms with Gasteiger partial charge in [-0.15, -0.1) is 0 Å². The first kappa shape index (κ1) is 59.9. The lowest BCUT2D eigenvalue weighted by atomic mass is 9.98. The van der Waals surface area contributed by atoms with Gasteiger partial charge >= 0.3 is 0 Å². The van der Waals surface area contributed by atoms with Crippen LogP contribution in [0.3, 0.4) is 0 Å². The van der Waals surface area contributed by atoms with Crippen molar-refractivity contribution in [3.63, 3.8) is 0 Å². The summed E-state index contributed by atoms with van der Waals surface area (Å²) in [6.07, 6.45) is 35.4. The van der Waals surface area contributed by atoms with Crippen molar-refractivity contribution in [2.24, 2.45) is 0 Å². The second-order valence-electron chi connectivity index (χ2n) is 19.0. The van der Waals surface area contributed by atoms with Crippen molar-refractivity contribution < 1.29 is 50.0 Å². The van der Waals surface area contributed by atoms with Crippen LogP contribution in [0.15, 0.2) is 12.2 Å². The maximum absolute atomic E-state index is 13.1. The fourth-order valence-electron chi connectivity index (χ4n) is 8.67. The molecule has 63 heavy (non-hydrogen) atoms. The molecule has 1 aliphatic heterocycles. The molecule has 0 radical (unpaired) electrons. The third-order valence-corrected chi connectivity index (χ3v) is 13.1. The predicted molar refractivity (Wildman–Crippen MR) is 256 cm³/mol. The summed E-state index contributed by atoms with van der Waals surface area (Å²) < 4.78 is 11.1. The first-order valence-corrected chi connectivity index (χ1v) is 26.6. The molecule has 1 amide bonds. The van der Waals surface area contributed by atoms with Crippen molar-refractivity contribution in [3.05, 3.63) is 12.2 Å². The quantitative estimate of drug-likeness (QED) is 0.0216. The minimum atomic E-state index is -1.66. The number of carbonyl (C=O) groups is 1. The van der Waals surface area contributed by atoms with Crippen molar-refractivity contribution in [2.75, 3.05) is 13.2 Å². The average Bonchev–Trinajstić information content (AvgIpc) is 3.28. The molecule has 8 N–H and O–H groups in total. The Kier molecular flexibility index (Phi) is 40.1. The molecule has 9 atom stereocenters. The Labute approximate surface area is 385 Å². The number of aliphatic hydroxyl groups excluding tert-OH is 7. The molecule has 11 heteroatoms. The summed E-state index contributed by atoms with van der Waals surface area (Å²) in [5.41, 5.74) is 0. The summed E-state index contributed by atoms with van der Waals surface area (Å²) in [4.78, 5) is 13.1. The van der Waals surface area contributed by atoms with Crippen LogP contribution in [-0.4, -0.2) is 110 Å². The Morgan fingerprint density at radius 3 is 1.33 bits per heavy atom. The normalized spacial score (nSPS) is 21.2. The second-order valence-corrected chi connectivity index (χ2v) is 19.0. The molecule has 0 aromatic heterocycles. The van der Waals surface area contributed by atoms with E-state index in [1.54, 1.807) is 0 Å². The third-order valence-electron chi connectivity index (χ3n) is 13.1. The molecule has 9 unspecified atom stereocenters. The highest BCUT2D eigenvalue weighted by molar-refractivity contribution is 5.80. The number of hydrogen-bond donors (Lipinski definition) is 8. The van der Waals surface area contributed by atoms with Crippen LogP contribution in [0.5, 0.6) is 0 Å². The van der Waals surface area contributed by atoms with Crippen molar-refractivity contribution in [1.82, 2.24) is 5.32 Å². The van der Waals surface area contributed by atoms with Crippen LogP contribution in [0.2, 0.25) is 0 Å². The number of ether oxygens (including phenoxy) is 2. The van der Waals surface area contributed by atoms with Crippen molar-refractivity contribution in [2.45, 2.75) is 300 Å². The van der Waals surface area contributed by atoms with Crippen LogP contribution >= 0.6 is 0 Å². The van der Waals surface area contributed by atoms with E-state index in [1.807, 2.05) is 0 Å². The number of carbonyl (C=O) groups excluding carboxylic acids is 1. The minimum Gasteiger partial charge on any atom is -0.394 e. The van der Waals surface area contributed by atoms with E-state index in [-0.39, 0.29) is 6.42 Å². The summed E-state index contributed by atoms with van der Waals surface area (Å²) in [6.45, 7) is 3.47. The SMILES string of the molecule is CCCCCCCCCCCC/C=C\CCCCCCCCC(O)C(=O)NC(COC1OC(CO)C(O)C(O)C1O)C(O)C(O)CCCCCCCCCCCCCCCCCC. The Hall–Kier alpha value is -1.15. The standard InChI is InChI=1S/C52H101NO10/c1-3-5-7-9-11-13-15-17-19-21-22-23-24-26-28-30-32-34-36-38-40-45(56)51(61)53-43(42-62-52-50(60)49(59)48(58)46(41-54)63-52)47(57)44(55)39-37-35-33-31-29-27-25-20-18-16-14-12-10-8-6-4-2/h23-24,43-50,52,54-60H,3-22,25-42H2,1-2H3,(H,53,61)/b24-23-. The largest absolute Gasteiger partial charge is 0.394 e. The van der Waals surface area contributed by atoms with E-state index < -0.39 is 74.2 Å². The first-order valence-electron chi connectivity index (χ1n) is 26.6. The van der Waals surface area contributed by atoms with Gasteiger partial charge in [0, 0.05) is 0 Å². The molecule has 0 saturated carbocycles. The zero-order valence-corrected chi connectivity index (χ0v) is 40.6. The Bertz CT molecular complexity index is 1030. The molecule has 0 aromatic rings. The topological polar surface area (TPSA) is 189 Å². The lowest BCUT2D eigenvalue weighted by molar-refractivity contribution is -0.303. The maximum atomic E-state index is 13.1. The fourth-order valence-corrected chi connectivity index (χ4v) is 8.67. The molecular formula is C52H101NO10. The van der Waals surface area contributed by atoms with Gasteiger partial charge in [0.25, 0.3) is 0 Å². The Morgan fingerprint density at radius 1 is 0.540 bits per heavy atom. The van der Waals surface area contributed by atoms with Crippen molar-refractivity contribution >= 4 is 5.91 Å². The number of unbranched alkanes of at least 4 members (excludes halogenated alkanes) is 31. The van der Waals surface area contributed by atoms with E-state index in [4.69, 9.17) is 9.47 Å². The van der Waals surface area contributed by atoms with E-state index in [9.17, 15) is 40.5 Å². The van der Waals surface area contributed by atoms with E-state index in [1.165, 1.54) is 154 Å². The lowest BCUT2D eigenvalue weighted by Crippen LogP contribution is -2.60. The number of hydrogen-bond acceptors (Lipinski definition) is 10. The summed E-state index contributed by atoms with van der Waals surface area (Å²) in [7, 11) is 0. The fraction of sp³-hybridized carbons (Fsp3) is 0.942. The zero-order chi connectivity index (χ0) is 46.2. The van der Waals surface area contributed by atoms with Gasteiger partial charge in [-0.2, -0.15) is 0 Å². The van der Waals surface area contributed by atoms with Crippen LogP contribution in [0.25, 0.3) is 0 Å². The van der Waals surface area contributed by atoms with Gasteiger partial charge in [-0.3, -0.25) is 4.79 Å². The second kappa shape index (κ2) is 42.2. The summed E-state index contributed by atoms with van der Waals surface area (Å²) in [5, 5.41) is 75.9. The Morgan fingerprint density at radius 2 is 0.921 bits per heavy atom. The van der Waals surface area contributed by atoms with E-state index in [0.717, 1.165) is 51.4 Å². The number of rotatable bonds is 45. The van der Waals surface area contributed by atoms with Crippen molar-refractivity contribution in [1.29, 1.82) is 0 Å². The van der Waals surface area contributed by atoms with E-state index >= 15 is 0 Å². The molecule has 0 bridgehead atoms. The van der Waals surface area contributed by atoms with Gasteiger partial charge in [-0.05, 0) is 38.5 Å². The molecule has 374 valence electrons. The van der Waals surface area contributed by atoms with E-state index in [2.05, 4.69) is 31.3 Å². The first-order chi connectivity index (χ1) is 30.7. The van der Waals surface area contributed by atoms with Crippen LogP contribution in [-0.2, 0) is 14.3 Å². The number of allylic oxidation sites excluding steroid dienone is 2. The zero-order valence-electron chi connectivity index (χ0n) is 40.6. The Balaban J connectivity index is 2.37. The van der Waals surface area contributed by atoms with Gasteiger partial charge in [0.05, 0.1) is 25.4 Å². The van der Waals surface area contributed by atoms with Crippen LogP contribution in [0, 0.1) is 0 Å².